The lowest BCUT2D eigenvalue weighted by atomic mass is 9.94. The number of amides is 1. The maximum Gasteiger partial charge on any atom is 0.287 e. The molecular weight excluding hydrogens is 214 g/mol. The first kappa shape index (κ1) is 11.5. The van der Waals surface area contributed by atoms with Gasteiger partial charge in [0.2, 0.25) is 0 Å². The number of carbonyl (C=O) groups excluding carboxylic acids is 1. The maximum atomic E-state index is 11.9. The molecule has 1 amide bonds. The largest absolute Gasteiger partial charge is 0.459 e. The van der Waals surface area contributed by atoms with E-state index in [1.807, 2.05) is 44.2 Å². The summed E-state index contributed by atoms with van der Waals surface area (Å²) in [6.45, 7) is 3.92. The highest BCUT2D eigenvalue weighted by Crippen LogP contribution is 2.20. The Morgan fingerprint density at radius 3 is 2.41 bits per heavy atom. The number of hydrogen-bond donors (Lipinski definition) is 1. The summed E-state index contributed by atoms with van der Waals surface area (Å²) in [7, 11) is 0. The lowest BCUT2D eigenvalue weighted by Gasteiger charge is -2.26. The molecule has 1 N–H and O–H groups in total. The van der Waals surface area contributed by atoms with Crippen LogP contribution in [0.15, 0.2) is 53.1 Å². The van der Waals surface area contributed by atoms with Crippen LogP contribution in [0.3, 0.4) is 0 Å². The number of benzene rings is 1. The van der Waals surface area contributed by atoms with Gasteiger partial charge in [-0.3, -0.25) is 4.79 Å². The maximum absolute atomic E-state index is 11.9. The number of rotatable bonds is 3. The van der Waals surface area contributed by atoms with Gasteiger partial charge in [-0.1, -0.05) is 30.3 Å². The van der Waals surface area contributed by atoms with Crippen molar-refractivity contribution in [3.8, 4) is 0 Å². The van der Waals surface area contributed by atoms with Crippen LogP contribution in [0.25, 0.3) is 0 Å². The molecule has 3 heteroatoms. The molecule has 2 aromatic rings. The Labute approximate surface area is 100 Å². The van der Waals surface area contributed by atoms with E-state index >= 15 is 0 Å². The first-order chi connectivity index (χ1) is 8.09. The molecule has 0 atom stereocenters. The zero-order valence-electron chi connectivity index (χ0n) is 9.94. The van der Waals surface area contributed by atoms with E-state index in [0.717, 1.165) is 5.56 Å². The standard InChI is InChI=1S/C14H15NO2/c1-14(2,11-7-4-3-5-8-11)15-13(16)12-9-6-10-17-12/h3-10H,1-2H3,(H,15,16). The molecule has 3 nitrogen and oxygen atoms in total. The highest BCUT2D eigenvalue weighted by atomic mass is 16.3. The molecule has 88 valence electrons. The molecular formula is C14H15NO2. The Kier molecular flexibility index (Phi) is 3.00. The van der Waals surface area contributed by atoms with Gasteiger partial charge in [-0.2, -0.15) is 0 Å². The van der Waals surface area contributed by atoms with Crippen molar-refractivity contribution in [3.63, 3.8) is 0 Å². The summed E-state index contributed by atoms with van der Waals surface area (Å²) in [6, 6.07) is 13.2. The quantitative estimate of drug-likeness (QED) is 0.879. The Bertz CT molecular complexity index is 486. The second-order valence-electron chi connectivity index (χ2n) is 4.42. The van der Waals surface area contributed by atoms with Crippen LogP contribution in [0.1, 0.15) is 30.0 Å². The Morgan fingerprint density at radius 1 is 1.12 bits per heavy atom. The van der Waals surface area contributed by atoms with Crippen molar-refractivity contribution >= 4 is 5.91 Å². The number of hydrogen-bond acceptors (Lipinski definition) is 2. The zero-order valence-corrected chi connectivity index (χ0v) is 9.94. The molecule has 0 spiro atoms. The molecule has 0 saturated heterocycles. The average Bonchev–Trinajstić information content (AvgIpc) is 2.83. The summed E-state index contributed by atoms with van der Waals surface area (Å²) in [5.41, 5.74) is 0.630. The van der Waals surface area contributed by atoms with Gasteiger partial charge in [0, 0.05) is 0 Å². The molecule has 2 rings (SSSR count). The first-order valence-electron chi connectivity index (χ1n) is 5.51. The van der Waals surface area contributed by atoms with Crippen molar-refractivity contribution in [2.75, 3.05) is 0 Å². The molecule has 1 heterocycles. The predicted octanol–water partition coefficient (Wildman–Crippen LogP) is 2.94. The predicted molar refractivity (Wildman–Crippen MR) is 65.6 cm³/mol. The van der Waals surface area contributed by atoms with Crippen molar-refractivity contribution < 1.29 is 9.21 Å². The van der Waals surface area contributed by atoms with Crippen LogP contribution in [0.4, 0.5) is 0 Å². The summed E-state index contributed by atoms with van der Waals surface area (Å²) in [4.78, 5) is 11.9. The fourth-order valence-electron chi connectivity index (χ4n) is 1.68. The van der Waals surface area contributed by atoms with E-state index in [-0.39, 0.29) is 5.91 Å². The molecule has 0 aliphatic carbocycles. The van der Waals surface area contributed by atoms with Crippen LogP contribution < -0.4 is 5.32 Å². The molecule has 1 aromatic carbocycles. The molecule has 17 heavy (non-hydrogen) atoms. The molecule has 0 bridgehead atoms. The van der Waals surface area contributed by atoms with Crippen molar-refractivity contribution in [3.05, 3.63) is 60.1 Å². The number of carbonyl (C=O) groups is 1. The van der Waals surface area contributed by atoms with Gasteiger partial charge in [0.1, 0.15) is 0 Å². The van der Waals surface area contributed by atoms with E-state index in [2.05, 4.69) is 5.32 Å². The van der Waals surface area contributed by atoms with E-state index in [4.69, 9.17) is 4.42 Å². The molecule has 0 radical (unpaired) electrons. The SMILES string of the molecule is CC(C)(NC(=O)c1ccco1)c1ccccc1. The van der Waals surface area contributed by atoms with Crippen LogP contribution in [0, 0.1) is 0 Å². The minimum Gasteiger partial charge on any atom is -0.459 e. The number of furan rings is 1. The molecule has 0 fully saturated rings. The topological polar surface area (TPSA) is 42.2 Å². The highest BCUT2D eigenvalue weighted by molar-refractivity contribution is 5.91. The summed E-state index contributed by atoms with van der Waals surface area (Å²) in [5.74, 6) is 0.123. The lowest BCUT2D eigenvalue weighted by molar-refractivity contribution is 0.0883. The van der Waals surface area contributed by atoms with Gasteiger partial charge < -0.3 is 9.73 Å². The molecule has 0 unspecified atom stereocenters. The zero-order chi connectivity index (χ0) is 12.3. The second kappa shape index (κ2) is 4.45. The molecule has 1 aromatic heterocycles. The van der Waals surface area contributed by atoms with Crippen LogP contribution in [-0.2, 0) is 5.54 Å². The van der Waals surface area contributed by atoms with Gasteiger partial charge in [-0.05, 0) is 31.5 Å². The summed E-state index contributed by atoms with van der Waals surface area (Å²) < 4.78 is 5.06. The van der Waals surface area contributed by atoms with Gasteiger partial charge >= 0.3 is 0 Å². The Balaban J connectivity index is 2.15. The van der Waals surface area contributed by atoms with Gasteiger partial charge in [-0.15, -0.1) is 0 Å². The fourth-order valence-corrected chi connectivity index (χ4v) is 1.68. The average molecular weight is 229 g/mol. The summed E-state index contributed by atoms with van der Waals surface area (Å²) in [6.07, 6.45) is 1.49. The van der Waals surface area contributed by atoms with E-state index in [1.165, 1.54) is 6.26 Å². The second-order valence-corrected chi connectivity index (χ2v) is 4.42. The van der Waals surface area contributed by atoms with E-state index in [9.17, 15) is 4.79 Å². The van der Waals surface area contributed by atoms with Crippen LogP contribution >= 0.6 is 0 Å². The molecule has 0 aliphatic rings. The van der Waals surface area contributed by atoms with Gasteiger partial charge in [-0.25, -0.2) is 0 Å². The van der Waals surface area contributed by atoms with Crippen molar-refractivity contribution in [1.29, 1.82) is 0 Å². The van der Waals surface area contributed by atoms with Crippen molar-refractivity contribution in [2.24, 2.45) is 0 Å². The highest BCUT2D eigenvalue weighted by Gasteiger charge is 2.24. The molecule has 0 aliphatic heterocycles. The Hall–Kier alpha value is -2.03. The Morgan fingerprint density at radius 2 is 1.82 bits per heavy atom. The van der Waals surface area contributed by atoms with E-state index in [1.54, 1.807) is 12.1 Å². The minimum atomic E-state index is -0.425. The normalized spacial score (nSPS) is 11.2. The van der Waals surface area contributed by atoms with Gasteiger partial charge in [0.15, 0.2) is 5.76 Å². The third-order valence-corrected chi connectivity index (χ3v) is 2.67. The number of nitrogens with one attached hydrogen (secondary N) is 1. The smallest absolute Gasteiger partial charge is 0.287 e. The van der Waals surface area contributed by atoms with Crippen LogP contribution in [-0.4, -0.2) is 5.91 Å². The molecule has 0 saturated carbocycles. The van der Waals surface area contributed by atoms with Crippen molar-refractivity contribution in [2.45, 2.75) is 19.4 Å². The van der Waals surface area contributed by atoms with Crippen LogP contribution in [0.2, 0.25) is 0 Å². The van der Waals surface area contributed by atoms with E-state index < -0.39 is 5.54 Å². The van der Waals surface area contributed by atoms with E-state index in [0.29, 0.717) is 5.76 Å². The van der Waals surface area contributed by atoms with Crippen molar-refractivity contribution in [1.82, 2.24) is 5.32 Å². The summed E-state index contributed by atoms with van der Waals surface area (Å²) >= 11 is 0. The summed E-state index contributed by atoms with van der Waals surface area (Å²) in [5, 5.41) is 2.94. The fraction of sp³-hybridized carbons (Fsp3) is 0.214. The monoisotopic (exact) mass is 229 g/mol. The third-order valence-electron chi connectivity index (χ3n) is 2.67. The first-order valence-corrected chi connectivity index (χ1v) is 5.51. The van der Waals surface area contributed by atoms with Gasteiger partial charge in [0.25, 0.3) is 5.91 Å². The lowest BCUT2D eigenvalue weighted by Crippen LogP contribution is -2.40. The van der Waals surface area contributed by atoms with Gasteiger partial charge in [0.05, 0.1) is 11.8 Å². The minimum absolute atomic E-state index is 0.205. The third kappa shape index (κ3) is 2.56. The van der Waals surface area contributed by atoms with Crippen LogP contribution in [0.5, 0.6) is 0 Å².